The van der Waals surface area contributed by atoms with Gasteiger partial charge >= 0.3 is 196 Å². The molecule has 0 aliphatic carbocycles. The van der Waals surface area contributed by atoms with Gasteiger partial charge in [-0.3, -0.25) is 0 Å². The van der Waals surface area contributed by atoms with Crippen LogP contribution >= 0.6 is 18.5 Å². The molecular weight excluding hydrogens is 482 g/mol. The molecule has 0 bridgehead atoms. The van der Waals surface area contributed by atoms with Gasteiger partial charge in [-0.15, -0.1) is 0 Å². The van der Waals surface area contributed by atoms with E-state index in [4.69, 9.17) is 0 Å². The van der Waals surface area contributed by atoms with Crippen molar-refractivity contribution in [3.05, 3.63) is 0 Å². The van der Waals surface area contributed by atoms with Crippen molar-refractivity contribution in [2.45, 2.75) is 131 Å². The molecule has 0 radical (unpaired) electrons. The molecule has 12 rings (SSSR count). The fourth-order valence-electron chi connectivity index (χ4n) is 27.0. The monoisotopic (exact) mass is 528 g/mol. The van der Waals surface area contributed by atoms with E-state index in [2.05, 4.69) is 70.7 Å². The Morgan fingerprint density at radius 2 is 1.27 bits per heavy atom. The van der Waals surface area contributed by atoms with Gasteiger partial charge in [-0.25, -0.2) is 0 Å². The third-order valence-electron chi connectivity index (χ3n) is 21.8. The van der Waals surface area contributed by atoms with Crippen molar-refractivity contribution in [3.8, 4) is 0 Å². The molecular formula is C28H46FeN2P2. The first-order valence-electron chi connectivity index (χ1n) is 14.4. The van der Waals surface area contributed by atoms with Crippen molar-refractivity contribution in [3.63, 3.8) is 0 Å². The van der Waals surface area contributed by atoms with Crippen LogP contribution in [-0.2, 0) is 6.51 Å². The van der Waals surface area contributed by atoms with E-state index in [0.717, 1.165) is 29.3 Å². The van der Waals surface area contributed by atoms with Gasteiger partial charge in [0.2, 0.25) is 0 Å². The third kappa shape index (κ3) is 0.334. The molecule has 0 amide bonds. The van der Waals surface area contributed by atoms with Crippen molar-refractivity contribution in [1.82, 2.24) is 10.6 Å². The van der Waals surface area contributed by atoms with Gasteiger partial charge in [0.05, 0.1) is 0 Å². The molecule has 9 unspecified atom stereocenters. The van der Waals surface area contributed by atoms with Gasteiger partial charge < -0.3 is 0 Å². The zero-order valence-corrected chi connectivity index (χ0v) is 25.0. The normalized spacial score (nSPS) is 86.4. The van der Waals surface area contributed by atoms with Gasteiger partial charge in [-0.2, -0.15) is 0 Å². The van der Waals surface area contributed by atoms with Crippen LogP contribution in [0.4, 0.5) is 0 Å². The van der Waals surface area contributed by atoms with Crippen molar-refractivity contribution < 1.29 is 6.51 Å². The third-order valence-corrected chi connectivity index (χ3v) is 69.8. The second-order valence-corrected chi connectivity index (χ2v) is 43.0. The number of hydrogen-bond acceptors (Lipinski definition) is 2. The predicted molar refractivity (Wildman–Crippen MR) is 141 cm³/mol. The summed E-state index contributed by atoms with van der Waals surface area (Å²) in [7, 11) is 7.35. The van der Waals surface area contributed by atoms with E-state index in [1.54, 1.807) is 0 Å². The van der Waals surface area contributed by atoms with E-state index in [-0.39, 0.29) is 0 Å². The van der Waals surface area contributed by atoms with Gasteiger partial charge in [-0.1, -0.05) is 0 Å². The summed E-state index contributed by atoms with van der Waals surface area (Å²) >= 11 is 0. The first-order valence-corrected chi connectivity index (χ1v) is 21.8. The first kappa shape index (κ1) is 18.5. The molecule has 0 aromatic heterocycles. The van der Waals surface area contributed by atoms with Crippen LogP contribution in [0.25, 0.3) is 0 Å². The van der Waals surface area contributed by atoms with Crippen molar-refractivity contribution in [2.75, 3.05) is 19.3 Å². The van der Waals surface area contributed by atoms with E-state index in [0.29, 0.717) is 16.0 Å². The molecule has 2 N–H and O–H groups in total. The molecule has 1 spiro atoms. The zero-order chi connectivity index (χ0) is 22.8. The molecule has 12 aliphatic heterocycles. The zero-order valence-electron chi connectivity index (χ0n) is 21.6. The fraction of sp³-hybridized carbons (Fsp3) is 1.00. The number of hydrogen-bond donors (Lipinski definition) is 2. The maximum atomic E-state index is 4.22. The van der Waals surface area contributed by atoms with Gasteiger partial charge in [0, 0.05) is 0 Å². The Balaban J connectivity index is 1.33. The van der Waals surface area contributed by atoms with Crippen LogP contribution in [0, 0.1) is 10.8 Å². The van der Waals surface area contributed by atoms with Crippen LogP contribution in [0.3, 0.4) is 0 Å². The number of rotatable bonds is 4. The Kier molecular flexibility index (Phi) is 1.33. The van der Waals surface area contributed by atoms with Crippen LogP contribution in [0.5, 0.6) is 0 Å². The summed E-state index contributed by atoms with van der Waals surface area (Å²) in [6.07, 6.45) is 7.18. The summed E-state index contributed by atoms with van der Waals surface area (Å²) < 4.78 is 3.14. The van der Waals surface area contributed by atoms with E-state index < -0.39 is 6.51 Å². The molecule has 12 aliphatic rings. The first-order chi connectivity index (χ1) is 15.2. The number of fused-ring (bicyclic) bond motifs is 10. The molecule has 5 heteroatoms. The maximum absolute atomic E-state index is 4.22. The van der Waals surface area contributed by atoms with Crippen LogP contribution < -0.4 is 10.6 Å². The Labute approximate surface area is 195 Å². The van der Waals surface area contributed by atoms with Crippen molar-refractivity contribution in [1.29, 1.82) is 0 Å². The molecule has 9 atom stereocenters. The van der Waals surface area contributed by atoms with Crippen LogP contribution in [0.15, 0.2) is 0 Å². The van der Waals surface area contributed by atoms with Crippen LogP contribution in [-0.4, -0.2) is 36.5 Å². The van der Waals surface area contributed by atoms with E-state index in [1.807, 2.05) is 0 Å². The Morgan fingerprint density at radius 3 is 1.58 bits per heavy atom. The molecule has 12 saturated heterocycles. The Hall–Kier alpha value is 1.30. The van der Waals surface area contributed by atoms with Crippen molar-refractivity contribution in [2.24, 2.45) is 10.8 Å². The molecule has 0 aromatic rings. The topological polar surface area (TPSA) is 24.1 Å². The Bertz CT molecular complexity index is 1500. The summed E-state index contributed by atoms with van der Waals surface area (Å²) in [4.78, 5) is 7.79. The van der Waals surface area contributed by atoms with E-state index in [9.17, 15) is 0 Å². The second kappa shape index (κ2) is 2.36. The van der Waals surface area contributed by atoms with E-state index >= 15 is 0 Å². The second-order valence-electron chi connectivity index (χ2n) is 19.0. The van der Waals surface area contributed by atoms with Crippen molar-refractivity contribution >= 4 is 18.5 Å². The summed E-state index contributed by atoms with van der Waals surface area (Å²) in [6.45, 7) is 15.1. The Morgan fingerprint density at radius 1 is 0.788 bits per heavy atom. The summed E-state index contributed by atoms with van der Waals surface area (Å²) in [5.74, 6) is 0. The summed E-state index contributed by atoms with van der Waals surface area (Å²) in [5, 5.41) is 8.85. The fourth-order valence-corrected chi connectivity index (χ4v) is 122. The molecule has 0 aromatic carbocycles. The van der Waals surface area contributed by atoms with Gasteiger partial charge in [0.1, 0.15) is 0 Å². The summed E-state index contributed by atoms with van der Waals surface area (Å²) in [6, 6.07) is 1.48. The minimum absolute atomic E-state index is 0.405. The molecule has 33 heavy (non-hydrogen) atoms. The molecule has 186 valence electrons. The average Bonchev–Trinajstić information content (AvgIpc) is 3.54. The number of nitrogens with one attached hydrogen (secondary N) is 2. The summed E-state index contributed by atoms with van der Waals surface area (Å²) in [5.41, 5.74) is 0.994. The standard InChI is InChI=1S/C23H41N2P2.C5H5.Fe/c1-21(2,3)16-13-15(14-26)19(20(16)22(4,5)6)23(27,17-9-7-11-24-17)18-10-8-12-25-18;1-2-4-5-3-1;/h13,17-18,24-25H,7-12,14,26-27H2,1-6H3;1-5H;. The minimum atomic E-state index is -4.08. The SMILES string of the molecule is CC(C)(C)[C]12[CH]3[C]4(CP)[C]5(C(P)(C6CCCN6)C6CCCN6)[C]1(C(C)(C)C)[Fe]34251678[CH]2[CH]1[CH]6[CH]7[CH]28. The van der Waals surface area contributed by atoms with Gasteiger partial charge in [0.15, 0.2) is 0 Å². The van der Waals surface area contributed by atoms with Gasteiger partial charge in [0.25, 0.3) is 0 Å². The molecule has 12 fully saturated rings. The van der Waals surface area contributed by atoms with Gasteiger partial charge in [-0.05, 0) is 0 Å². The predicted octanol–water partition coefficient (Wildman–Crippen LogP) is 6.94. The molecule has 2 nitrogen and oxygen atoms in total. The van der Waals surface area contributed by atoms with Crippen LogP contribution in [0.1, 0.15) is 67.2 Å². The average molecular weight is 528 g/mol. The van der Waals surface area contributed by atoms with E-state index in [1.165, 1.54) is 73.8 Å². The molecule has 0 saturated carbocycles. The van der Waals surface area contributed by atoms with Crippen LogP contribution in [0.2, 0.25) is 46.2 Å². The quantitative estimate of drug-likeness (QED) is 0.305. The molecule has 12 heterocycles.